The summed E-state index contributed by atoms with van der Waals surface area (Å²) in [6, 6.07) is 25.2. The number of aliphatic imine (C=N–C) groups is 1. The number of nitrogens with two attached hydrogens (primary N) is 1. The van der Waals surface area contributed by atoms with Gasteiger partial charge in [-0.15, -0.1) is 24.0 Å². The number of benzene rings is 3. The van der Waals surface area contributed by atoms with Gasteiger partial charge >= 0.3 is 0 Å². The lowest BCUT2D eigenvalue weighted by molar-refractivity contribution is 0.185. The fourth-order valence-corrected chi connectivity index (χ4v) is 3.82. The van der Waals surface area contributed by atoms with E-state index >= 15 is 0 Å². The zero-order valence-corrected chi connectivity index (χ0v) is 20.1. The number of guanidine groups is 1. The number of nitrogens with zero attached hydrogens (tertiary/aromatic N) is 2. The number of anilines is 2. The van der Waals surface area contributed by atoms with E-state index in [2.05, 4.69) is 63.7 Å². The Labute approximate surface area is 201 Å². The third-order valence-electron chi connectivity index (χ3n) is 5.39. The van der Waals surface area contributed by atoms with Crippen LogP contribution in [0.1, 0.15) is 22.3 Å². The number of para-hydroxylation sites is 2. The van der Waals surface area contributed by atoms with Gasteiger partial charge in [0.05, 0.1) is 13.2 Å². The van der Waals surface area contributed by atoms with Gasteiger partial charge in [0.25, 0.3) is 0 Å². The molecular formula is C25H29IN4O. The van der Waals surface area contributed by atoms with E-state index in [1.54, 1.807) is 7.11 Å². The largest absolute Gasteiger partial charge is 0.380 e. The summed E-state index contributed by atoms with van der Waals surface area (Å²) >= 11 is 0. The van der Waals surface area contributed by atoms with Crippen LogP contribution >= 0.6 is 24.0 Å². The van der Waals surface area contributed by atoms with E-state index in [1.165, 1.54) is 16.8 Å². The van der Waals surface area contributed by atoms with Crippen LogP contribution in [-0.4, -0.2) is 19.6 Å². The molecule has 0 aromatic heterocycles. The second-order valence-corrected chi connectivity index (χ2v) is 7.53. The average molecular weight is 528 g/mol. The molecule has 5 nitrogen and oxygen atoms in total. The molecule has 0 unspecified atom stereocenters. The molecule has 0 spiro atoms. The standard InChI is InChI=1S/C25H28N4O.HI/c1-30-18-22-7-2-4-8-23(22)28-25(26)27-16-19-10-12-20(13-11-19)17-29-15-14-21-6-3-5-9-24(21)29;/h2-13H,14-18H2,1H3,(H3,26,27,28);1H. The van der Waals surface area contributed by atoms with Crippen LogP contribution in [-0.2, 0) is 30.9 Å². The van der Waals surface area contributed by atoms with Crippen molar-refractivity contribution in [1.82, 2.24) is 0 Å². The summed E-state index contributed by atoms with van der Waals surface area (Å²) in [6.45, 7) is 3.08. The average Bonchev–Trinajstić information content (AvgIpc) is 3.18. The van der Waals surface area contributed by atoms with E-state index in [4.69, 9.17) is 10.5 Å². The van der Waals surface area contributed by atoms with Crippen LogP contribution in [0.2, 0.25) is 0 Å². The summed E-state index contributed by atoms with van der Waals surface area (Å²) < 4.78 is 5.23. The molecule has 1 aliphatic heterocycles. The van der Waals surface area contributed by atoms with Crippen molar-refractivity contribution < 1.29 is 4.74 Å². The van der Waals surface area contributed by atoms with E-state index in [0.29, 0.717) is 19.1 Å². The summed E-state index contributed by atoms with van der Waals surface area (Å²) in [5.41, 5.74) is 13.3. The molecule has 162 valence electrons. The molecule has 3 aromatic carbocycles. The van der Waals surface area contributed by atoms with Crippen LogP contribution in [0.25, 0.3) is 0 Å². The molecule has 0 radical (unpaired) electrons. The van der Waals surface area contributed by atoms with Gasteiger partial charge in [-0.05, 0) is 35.2 Å². The molecule has 6 heteroatoms. The minimum absolute atomic E-state index is 0. The van der Waals surface area contributed by atoms with Crippen molar-refractivity contribution in [2.24, 2.45) is 10.7 Å². The molecule has 0 bridgehead atoms. The van der Waals surface area contributed by atoms with Crippen molar-refractivity contribution in [2.75, 3.05) is 23.9 Å². The smallest absolute Gasteiger partial charge is 0.193 e. The summed E-state index contributed by atoms with van der Waals surface area (Å²) in [5.74, 6) is 0.399. The number of nitrogens with one attached hydrogen (secondary N) is 1. The van der Waals surface area contributed by atoms with Gasteiger partial charge in [-0.2, -0.15) is 0 Å². The van der Waals surface area contributed by atoms with Crippen LogP contribution in [0.5, 0.6) is 0 Å². The summed E-state index contributed by atoms with van der Waals surface area (Å²) in [4.78, 5) is 6.93. The predicted octanol–water partition coefficient (Wildman–Crippen LogP) is 4.94. The second-order valence-electron chi connectivity index (χ2n) is 7.53. The molecule has 0 saturated heterocycles. The Morgan fingerprint density at radius 2 is 1.71 bits per heavy atom. The molecule has 0 amide bonds. The zero-order chi connectivity index (χ0) is 20.8. The van der Waals surface area contributed by atoms with Gasteiger partial charge in [0.15, 0.2) is 5.96 Å². The first kappa shape index (κ1) is 23.1. The fourth-order valence-electron chi connectivity index (χ4n) is 3.82. The van der Waals surface area contributed by atoms with Gasteiger partial charge in [-0.3, -0.25) is 0 Å². The van der Waals surface area contributed by atoms with Gasteiger partial charge in [0.1, 0.15) is 0 Å². The Morgan fingerprint density at radius 3 is 2.52 bits per heavy atom. The summed E-state index contributed by atoms with van der Waals surface area (Å²) in [6.07, 6.45) is 1.13. The molecule has 4 rings (SSSR count). The Hall–Kier alpha value is -2.58. The normalized spacial score (nSPS) is 12.9. The maximum Gasteiger partial charge on any atom is 0.193 e. The Bertz CT molecular complexity index is 1020. The first-order valence-electron chi connectivity index (χ1n) is 10.3. The molecule has 31 heavy (non-hydrogen) atoms. The molecule has 1 heterocycles. The van der Waals surface area contributed by atoms with Crippen LogP contribution in [0.4, 0.5) is 11.4 Å². The van der Waals surface area contributed by atoms with Crippen LogP contribution in [0.15, 0.2) is 77.8 Å². The number of ether oxygens (including phenoxy) is 1. The number of hydrogen-bond donors (Lipinski definition) is 2. The Balaban J connectivity index is 0.00000272. The highest BCUT2D eigenvalue weighted by Crippen LogP contribution is 2.28. The van der Waals surface area contributed by atoms with Gasteiger partial charge in [-0.25, -0.2) is 4.99 Å². The maximum atomic E-state index is 6.09. The lowest BCUT2D eigenvalue weighted by Gasteiger charge is -2.19. The Kier molecular flexibility index (Phi) is 8.31. The Morgan fingerprint density at radius 1 is 1.00 bits per heavy atom. The van der Waals surface area contributed by atoms with Crippen molar-refractivity contribution >= 4 is 41.3 Å². The molecule has 0 saturated carbocycles. The molecule has 0 atom stereocenters. The first-order valence-corrected chi connectivity index (χ1v) is 10.3. The summed E-state index contributed by atoms with van der Waals surface area (Å²) in [7, 11) is 1.68. The van der Waals surface area contributed by atoms with Crippen molar-refractivity contribution in [3.8, 4) is 0 Å². The van der Waals surface area contributed by atoms with Gasteiger partial charge in [-0.1, -0.05) is 60.7 Å². The fraction of sp³-hybridized carbons (Fsp3) is 0.240. The highest BCUT2D eigenvalue weighted by molar-refractivity contribution is 14.0. The highest BCUT2D eigenvalue weighted by atomic mass is 127. The molecule has 3 N–H and O–H groups in total. The lowest BCUT2D eigenvalue weighted by Crippen LogP contribution is -2.23. The third-order valence-corrected chi connectivity index (χ3v) is 5.39. The van der Waals surface area contributed by atoms with Crippen molar-refractivity contribution in [3.63, 3.8) is 0 Å². The topological polar surface area (TPSA) is 62.9 Å². The molecule has 0 fully saturated rings. The predicted molar refractivity (Wildman–Crippen MR) is 139 cm³/mol. The van der Waals surface area contributed by atoms with E-state index in [-0.39, 0.29) is 24.0 Å². The highest BCUT2D eigenvalue weighted by Gasteiger charge is 2.18. The minimum atomic E-state index is 0. The summed E-state index contributed by atoms with van der Waals surface area (Å²) in [5, 5.41) is 3.18. The van der Waals surface area contributed by atoms with Gasteiger partial charge < -0.3 is 20.7 Å². The van der Waals surface area contributed by atoms with E-state index in [1.807, 2.05) is 24.3 Å². The van der Waals surface area contributed by atoms with Crippen molar-refractivity contribution in [1.29, 1.82) is 0 Å². The van der Waals surface area contributed by atoms with E-state index < -0.39 is 0 Å². The van der Waals surface area contributed by atoms with Crippen molar-refractivity contribution in [2.45, 2.75) is 26.1 Å². The first-order chi connectivity index (χ1) is 14.7. The molecule has 1 aliphatic rings. The number of halogens is 1. The van der Waals surface area contributed by atoms with Crippen LogP contribution in [0.3, 0.4) is 0 Å². The van der Waals surface area contributed by atoms with Gasteiger partial charge in [0.2, 0.25) is 0 Å². The zero-order valence-electron chi connectivity index (χ0n) is 17.8. The van der Waals surface area contributed by atoms with Gasteiger partial charge in [0, 0.05) is 37.1 Å². The molecule has 3 aromatic rings. The third kappa shape index (κ3) is 5.98. The van der Waals surface area contributed by atoms with E-state index in [9.17, 15) is 0 Å². The van der Waals surface area contributed by atoms with Crippen LogP contribution < -0.4 is 16.0 Å². The monoisotopic (exact) mass is 528 g/mol. The number of rotatable bonds is 7. The minimum Gasteiger partial charge on any atom is -0.380 e. The molecular weight excluding hydrogens is 499 g/mol. The lowest BCUT2D eigenvalue weighted by atomic mass is 10.1. The number of methoxy groups -OCH3 is 1. The van der Waals surface area contributed by atoms with Crippen molar-refractivity contribution in [3.05, 3.63) is 95.1 Å². The van der Waals surface area contributed by atoms with E-state index in [0.717, 1.165) is 36.3 Å². The quantitative estimate of drug-likeness (QED) is 0.259. The van der Waals surface area contributed by atoms with Crippen LogP contribution in [0, 0.1) is 0 Å². The SMILES string of the molecule is COCc1ccccc1NC(N)=NCc1ccc(CN2CCc3ccccc32)cc1.I. The molecule has 0 aliphatic carbocycles. The second kappa shape index (κ2) is 11.2. The maximum absolute atomic E-state index is 6.09. The number of fused-ring (bicyclic) bond motifs is 1. The number of hydrogen-bond acceptors (Lipinski definition) is 3.